The summed E-state index contributed by atoms with van der Waals surface area (Å²) < 4.78 is 15.0. The van der Waals surface area contributed by atoms with Crippen molar-refractivity contribution >= 4 is 33.1 Å². The second kappa shape index (κ2) is 9.53. The van der Waals surface area contributed by atoms with E-state index in [9.17, 15) is 4.79 Å². The van der Waals surface area contributed by atoms with Gasteiger partial charge in [-0.3, -0.25) is 4.57 Å². The molecule has 2 heterocycles. The number of carbonyl (C=O) groups is 1. The smallest absolute Gasteiger partial charge is 0.410 e. The van der Waals surface area contributed by atoms with Crippen molar-refractivity contribution in [2.75, 3.05) is 19.7 Å². The van der Waals surface area contributed by atoms with Crippen LogP contribution in [-0.2, 0) is 11.3 Å². The molecule has 0 radical (unpaired) electrons. The molecule has 1 saturated heterocycles. The van der Waals surface area contributed by atoms with Gasteiger partial charge in [-0.25, -0.2) is 4.79 Å². The van der Waals surface area contributed by atoms with Gasteiger partial charge in [0.15, 0.2) is 0 Å². The van der Waals surface area contributed by atoms with E-state index in [0.29, 0.717) is 25.7 Å². The van der Waals surface area contributed by atoms with Gasteiger partial charge in [-0.2, -0.15) is 4.98 Å². The summed E-state index contributed by atoms with van der Waals surface area (Å²) in [6.07, 6.45) is 1.72. The lowest BCUT2D eigenvalue weighted by atomic mass is 9.99. The third-order valence-electron chi connectivity index (χ3n) is 5.49. The molecule has 1 aliphatic rings. The molecule has 1 atom stereocenters. The number of para-hydroxylation sites is 2. The number of carbonyl (C=O) groups excluding carboxylic acids is 1. The van der Waals surface area contributed by atoms with Crippen LogP contribution in [0, 0.1) is 5.92 Å². The first-order valence-corrected chi connectivity index (χ1v) is 11.9. The standard InChI is InChI=1S/C25H30BrN3O3/c1-25(2,3)32-24(30)28-14-6-7-19(15-28)17-31-23-27-21-8-4-5-9-22(21)29(23)16-18-10-12-20(26)13-11-18/h4-5,8-13,19H,6-7,14-17H2,1-3H3/t19-/m1/s1. The van der Waals surface area contributed by atoms with Crippen LogP contribution in [0.3, 0.4) is 0 Å². The fourth-order valence-electron chi connectivity index (χ4n) is 3.97. The number of benzene rings is 2. The average Bonchev–Trinajstić information content (AvgIpc) is 3.10. The molecule has 32 heavy (non-hydrogen) atoms. The van der Waals surface area contributed by atoms with Crippen molar-refractivity contribution in [2.45, 2.75) is 45.8 Å². The zero-order chi connectivity index (χ0) is 22.7. The molecule has 1 fully saturated rings. The molecule has 0 saturated carbocycles. The first-order chi connectivity index (χ1) is 15.3. The van der Waals surface area contributed by atoms with E-state index >= 15 is 0 Å². The van der Waals surface area contributed by atoms with Crippen LogP contribution in [0.25, 0.3) is 11.0 Å². The number of ether oxygens (including phenoxy) is 2. The van der Waals surface area contributed by atoms with Crippen LogP contribution in [0.1, 0.15) is 39.2 Å². The summed E-state index contributed by atoms with van der Waals surface area (Å²) in [4.78, 5) is 19.0. The summed E-state index contributed by atoms with van der Waals surface area (Å²) in [5.41, 5.74) is 2.65. The Labute approximate surface area is 197 Å². The van der Waals surface area contributed by atoms with E-state index in [0.717, 1.165) is 34.9 Å². The van der Waals surface area contributed by atoms with Crippen LogP contribution < -0.4 is 4.74 Å². The van der Waals surface area contributed by atoms with Crippen molar-refractivity contribution in [3.05, 3.63) is 58.6 Å². The Morgan fingerprint density at radius 1 is 1.16 bits per heavy atom. The Hall–Kier alpha value is -2.54. The molecule has 0 unspecified atom stereocenters. The van der Waals surface area contributed by atoms with Crippen LogP contribution in [0.2, 0.25) is 0 Å². The number of nitrogens with zero attached hydrogens (tertiary/aromatic N) is 3. The Kier molecular flexibility index (Phi) is 6.74. The highest BCUT2D eigenvalue weighted by Crippen LogP contribution is 2.25. The number of amides is 1. The molecule has 1 aromatic heterocycles. The SMILES string of the molecule is CC(C)(C)OC(=O)N1CCC[C@@H](COc2nc3ccccc3n2Cc2ccc(Br)cc2)C1. The van der Waals surface area contributed by atoms with Crippen molar-refractivity contribution in [2.24, 2.45) is 5.92 Å². The van der Waals surface area contributed by atoms with E-state index in [2.05, 4.69) is 38.7 Å². The predicted octanol–water partition coefficient (Wildman–Crippen LogP) is 5.87. The summed E-state index contributed by atoms with van der Waals surface area (Å²) in [5.74, 6) is 0.247. The van der Waals surface area contributed by atoms with Gasteiger partial charge in [-0.15, -0.1) is 0 Å². The quantitative estimate of drug-likeness (QED) is 0.440. The van der Waals surface area contributed by atoms with Crippen molar-refractivity contribution in [3.8, 4) is 6.01 Å². The maximum absolute atomic E-state index is 12.5. The normalized spacial score (nSPS) is 16.9. The highest BCUT2D eigenvalue weighted by molar-refractivity contribution is 9.10. The zero-order valence-corrected chi connectivity index (χ0v) is 20.5. The minimum absolute atomic E-state index is 0.246. The van der Waals surface area contributed by atoms with E-state index in [1.54, 1.807) is 4.90 Å². The van der Waals surface area contributed by atoms with Gasteiger partial charge < -0.3 is 14.4 Å². The fraction of sp³-hybridized carbons (Fsp3) is 0.440. The third kappa shape index (κ3) is 5.63. The second-order valence-electron chi connectivity index (χ2n) is 9.34. The molecule has 0 bridgehead atoms. The topological polar surface area (TPSA) is 56.6 Å². The Balaban J connectivity index is 1.47. The van der Waals surface area contributed by atoms with Gasteiger partial charge >= 0.3 is 6.09 Å². The molecule has 4 rings (SSSR count). The van der Waals surface area contributed by atoms with Gasteiger partial charge in [0.25, 0.3) is 6.01 Å². The number of likely N-dealkylation sites (tertiary alicyclic amines) is 1. The van der Waals surface area contributed by atoms with Gasteiger partial charge in [0.2, 0.25) is 0 Å². The molecule has 0 aliphatic carbocycles. The number of rotatable bonds is 5. The van der Waals surface area contributed by atoms with E-state index in [-0.39, 0.29) is 12.0 Å². The van der Waals surface area contributed by atoms with Crippen LogP contribution in [0.15, 0.2) is 53.0 Å². The van der Waals surface area contributed by atoms with Crippen LogP contribution in [0.5, 0.6) is 6.01 Å². The second-order valence-corrected chi connectivity index (χ2v) is 10.3. The van der Waals surface area contributed by atoms with Gasteiger partial charge in [0.05, 0.1) is 24.2 Å². The van der Waals surface area contributed by atoms with Gasteiger partial charge in [-0.05, 0) is 63.4 Å². The van der Waals surface area contributed by atoms with Crippen LogP contribution in [-0.4, -0.2) is 45.8 Å². The summed E-state index contributed by atoms with van der Waals surface area (Å²) in [6.45, 7) is 8.25. The monoisotopic (exact) mass is 499 g/mol. The van der Waals surface area contributed by atoms with E-state index in [4.69, 9.17) is 14.5 Å². The number of piperidine rings is 1. The first kappa shape index (κ1) is 22.6. The predicted molar refractivity (Wildman–Crippen MR) is 129 cm³/mol. The Morgan fingerprint density at radius 2 is 1.91 bits per heavy atom. The van der Waals surface area contributed by atoms with Crippen molar-refractivity contribution in [1.29, 1.82) is 0 Å². The summed E-state index contributed by atoms with van der Waals surface area (Å²) in [5, 5.41) is 0. The summed E-state index contributed by atoms with van der Waals surface area (Å²) in [6, 6.07) is 17.0. The number of aromatic nitrogens is 2. The molecule has 0 spiro atoms. The molecule has 3 aromatic rings. The number of hydrogen-bond acceptors (Lipinski definition) is 4. The number of fused-ring (bicyclic) bond motifs is 1. The lowest BCUT2D eigenvalue weighted by Crippen LogP contribution is -2.44. The van der Waals surface area contributed by atoms with Crippen LogP contribution >= 0.6 is 15.9 Å². The fourth-order valence-corrected chi connectivity index (χ4v) is 4.24. The highest BCUT2D eigenvalue weighted by Gasteiger charge is 2.28. The van der Waals surface area contributed by atoms with Gasteiger partial charge in [0.1, 0.15) is 5.60 Å². The first-order valence-electron chi connectivity index (χ1n) is 11.1. The zero-order valence-electron chi connectivity index (χ0n) is 18.9. The third-order valence-corrected chi connectivity index (χ3v) is 6.02. The van der Waals surface area contributed by atoms with E-state index in [1.165, 1.54) is 5.56 Å². The average molecular weight is 500 g/mol. The lowest BCUT2D eigenvalue weighted by molar-refractivity contribution is 0.0136. The molecule has 0 N–H and O–H groups in total. The Bertz CT molecular complexity index is 1070. The minimum Gasteiger partial charge on any atom is -0.464 e. The molecule has 2 aromatic carbocycles. The van der Waals surface area contributed by atoms with Crippen molar-refractivity contribution in [3.63, 3.8) is 0 Å². The molecular weight excluding hydrogens is 470 g/mol. The van der Waals surface area contributed by atoms with E-state index in [1.807, 2.05) is 51.1 Å². The van der Waals surface area contributed by atoms with Crippen molar-refractivity contribution in [1.82, 2.24) is 14.5 Å². The van der Waals surface area contributed by atoms with Crippen molar-refractivity contribution < 1.29 is 14.3 Å². The largest absolute Gasteiger partial charge is 0.464 e. The molecule has 7 heteroatoms. The van der Waals surface area contributed by atoms with Gasteiger partial charge in [0, 0.05) is 23.5 Å². The maximum atomic E-state index is 12.5. The van der Waals surface area contributed by atoms with Gasteiger partial charge in [-0.1, -0.05) is 40.2 Å². The molecule has 170 valence electrons. The Morgan fingerprint density at radius 3 is 2.66 bits per heavy atom. The number of imidazole rings is 1. The summed E-state index contributed by atoms with van der Waals surface area (Å²) >= 11 is 3.50. The number of hydrogen-bond donors (Lipinski definition) is 0. The van der Waals surface area contributed by atoms with E-state index < -0.39 is 5.60 Å². The highest BCUT2D eigenvalue weighted by atomic mass is 79.9. The molecule has 1 aliphatic heterocycles. The molecule has 1 amide bonds. The molecular formula is C25H30BrN3O3. The lowest BCUT2D eigenvalue weighted by Gasteiger charge is -2.33. The molecule has 6 nitrogen and oxygen atoms in total. The summed E-state index contributed by atoms with van der Waals surface area (Å²) in [7, 11) is 0. The minimum atomic E-state index is -0.488. The number of halogens is 1. The maximum Gasteiger partial charge on any atom is 0.410 e. The van der Waals surface area contributed by atoms with Crippen LogP contribution in [0.4, 0.5) is 4.79 Å².